The van der Waals surface area contributed by atoms with E-state index in [1.54, 1.807) is 6.20 Å². The van der Waals surface area contributed by atoms with Gasteiger partial charge in [-0.1, -0.05) is 28.9 Å². The summed E-state index contributed by atoms with van der Waals surface area (Å²) in [5.74, 6) is 2.26. The second-order valence-electron chi connectivity index (χ2n) is 5.68. The van der Waals surface area contributed by atoms with Crippen molar-refractivity contribution in [1.29, 1.82) is 0 Å². The van der Waals surface area contributed by atoms with Crippen LogP contribution in [0.25, 0.3) is 11.4 Å². The highest BCUT2D eigenvalue weighted by atomic mass is 35.5. The number of aromatic nitrogens is 3. The molecule has 2 aromatic heterocycles. The molecule has 0 aliphatic carbocycles. The van der Waals surface area contributed by atoms with Gasteiger partial charge in [-0.2, -0.15) is 4.98 Å². The molecule has 0 amide bonds. The van der Waals surface area contributed by atoms with Gasteiger partial charge >= 0.3 is 0 Å². The lowest BCUT2D eigenvalue weighted by Crippen LogP contribution is -2.08. The molecule has 1 aromatic carbocycles. The molecule has 8 heteroatoms. The number of hydrogen-bond donors (Lipinski definition) is 2. The van der Waals surface area contributed by atoms with E-state index < -0.39 is 0 Å². The van der Waals surface area contributed by atoms with Gasteiger partial charge in [-0.25, -0.2) is 4.98 Å². The minimum Gasteiger partial charge on any atom is -0.339 e. The third-order valence-electron chi connectivity index (χ3n) is 4.01. The van der Waals surface area contributed by atoms with Crippen molar-refractivity contribution in [2.45, 2.75) is 12.3 Å². The van der Waals surface area contributed by atoms with Crippen molar-refractivity contribution in [2.75, 3.05) is 18.4 Å². The van der Waals surface area contributed by atoms with E-state index in [-0.39, 0.29) is 12.4 Å². The van der Waals surface area contributed by atoms with Crippen molar-refractivity contribution >= 4 is 35.5 Å². The maximum atomic E-state index is 6.14. The lowest BCUT2D eigenvalue weighted by atomic mass is 10.1. The SMILES string of the molecule is Cl.Clc1ccccc1Nc1ccc(-c2noc(C3CCNC3)n2)cn1. The monoisotopic (exact) mass is 377 g/mol. The van der Waals surface area contributed by atoms with Crippen molar-refractivity contribution in [3.05, 3.63) is 53.5 Å². The molecule has 3 aromatic rings. The topological polar surface area (TPSA) is 75.9 Å². The van der Waals surface area contributed by atoms with E-state index >= 15 is 0 Å². The Morgan fingerprint density at radius 3 is 2.80 bits per heavy atom. The van der Waals surface area contributed by atoms with E-state index in [1.165, 1.54) is 0 Å². The Morgan fingerprint density at radius 1 is 1.20 bits per heavy atom. The van der Waals surface area contributed by atoms with E-state index in [0.29, 0.717) is 28.5 Å². The van der Waals surface area contributed by atoms with Crippen LogP contribution in [0.4, 0.5) is 11.5 Å². The average molecular weight is 378 g/mol. The number of halogens is 2. The Kier molecular flexibility index (Phi) is 5.53. The first-order valence-electron chi connectivity index (χ1n) is 7.82. The van der Waals surface area contributed by atoms with Gasteiger partial charge in [0, 0.05) is 18.3 Å². The predicted molar refractivity (Wildman–Crippen MR) is 99.7 cm³/mol. The number of hydrogen-bond acceptors (Lipinski definition) is 6. The molecule has 1 fully saturated rings. The fourth-order valence-electron chi connectivity index (χ4n) is 2.68. The maximum Gasteiger partial charge on any atom is 0.231 e. The third-order valence-corrected chi connectivity index (χ3v) is 4.34. The van der Waals surface area contributed by atoms with Crippen molar-refractivity contribution < 1.29 is 4.52 Å². The predicted octanol–water partition coefficient (Wildman–Crippen LogP) is 4.03. The Bertz CT molecular complexity index is 831. The first kappa shape index (κ1) is 17.7. The lowest BCUT2D eigenvalue weighted by Gasteiger charge is -2.07. The van der Waals surface area contributed by atoms with Gasteiger partial charge in [0.2, 0.25) is 11.7 Å². The van der Waals surface area contributed by atoms with E-state index in [4.69, 9.17) is 16.1 Å². The van der Waals surface area contributed by atoms with Crippen LogP contribution in [-0.2, 0) is 0 Å². The molecule has 6 nitrogen and oxygen atoms in total. The molecule has 0 spiro atoms. The van der Waals surface area contributed by atoms with Crippen LogP contribution in [-0.4, -0.2) is 28.2 Å². The molecule has 2 N–H and O–H groups in total. The second kappa shape index (κ2) is 7.82. The molecule has 1 aliphatic rings. The van der Waals surface area contributed by atoms with Crippen LogP contribution in [0.3, 0.4) is 0 Å². The number of anilines is 2. The van der Waals surface area contributed by atoms with Crippen molar-refractivity contribution in [2.24, 2.45) is 0 Å². The molecule has 1 saturated heterocycles. The standard InChI is InChI=1S/C17H16ClN5O.ClH/c18-13-3-1-2-4-14(13)21-15-6-5-11(10-20-15)16-22-17(24-23-16)12-7-8-19-9-12;/h1-6,10,12,19H,7-9H2,(H,20,21);1H. The Balaban J connectivity index is 0.00000182. The van der Waals surface area contributed by atoms with Crippen LogP contribution in [0.1, 0.15) is 18.2 Å². The van der Waals surface area contributed by atoms with Gasteiger partial charge in [-0.05, 0) is 37.2 Å². The summed E-state index contributed by atoms with van der Waals surface area (Å²) >= 11 is 6.14. The van der Waals surface area contributed by atoms with Crippen molar-refractivity contribution in [3.63, 3.8) is 0 Å². The van der Waals surface area contributed by atoms with E-state index in [0.717, 1.165) is 30.8 Å². The highest BCUT2D eigenvalue weighted by molar-refractivity contribution is 6.33. The van der Waals surface area contributed by atoms with Gasteiger partial charge in [0.25, 0.3) is 0 Å². The molecule has 0 saturated carbocycles. The summed E-state index contributed by atoms with van der Waals surface area (Å²) in [5.41, 5.74) is 1.63. The minimum absolute atomic E-state index is 0. The summed E-state index contributed by atoms with van der Waals surface area (Å²) < 4.78 is 5.38. The minimum atomic E-state index is 0. The van der Waals surface area contributed by atoms with E-state index in [2.05, 4.69) is 25.8 Å². The summed E-state index contributed by atoms with van der Waals surface area (Å²) in [7, 11) is 0. The molecule has 1 atom stereocenters. The molecule has 3 heterocycles. The van der Waals surface area contributed by atoms with Crippen LogP contribution in [0, 0.1) is 0 Å². The summed E-state index contributed by atoms with van der Waals surface area (Å²) in [5, 5.41) is 11.2. The smallest absolute Gasteiger partial charge is 0.231 e. The van der Waals surface area contributed by atoms with Gasteiger partial charge in [0.05, 0.1) is 16.6 Å². The fourth-order valence-corrected chi connectivity index (χ4v) is 2.87. The molecular formula is C17H17Cl2N5O. The summed E-state index contributed by atoms with van der Waals surface area (Å²) in [6.45, 7) is 1.88. The summed E-state index contributed by atoms with van der Waals surface area (Å²) in [4.78, 5) is 8.89. The quantitative estimate of drug-likeness (QED) is 0.714. The molecule has 25 heavy (non-hydrogen) atoms. The van der Waals surface area contributed by atoms with Crippen LogP contribution in [0.5, 0.6) is 0 Å². The molecule has 1 unspecified atom stereocenters. The van der Waals surface area contributed by atoms with Crippen LogP contribution < -0.4 is 10.6 Å². The number of nitrogens with one attached hydrogen (secondary N) is 2. The van der Waals surface area contributed by atoms with Gasteiger partial charge < -0.3 is 15.2 Å². The highest BCUT2D eigenvalue weighted by Crippen LogP contribution is 2.26. The second-order valence-corrected chi connectivity index (χ2v) is 6.09. The molecule has 0 bridgehead atoms. The Morgan fingerprint density at radius 2 is 2.08 bits per heavy atom. The molecule has 0 radical (unpaired) electrons. The zero-order chi connectivity index (χ0) is 16.4. The first-order valence-corrected chi connectivity index (χ1v) is 8.20. The Hall–Kier alpha value is -2.15. The maximum absolute atomic E-state index is 6.14. The molecule has 130 valence electrons. The van der Waals surface area contributed by atoms with Gasteiger partial charge in [0.15, 0.2) is 0 Å². The average Bonchev–Trinajstić information content (AvgIpc) is 3.29. The number of nitrogens with zero attached hydrogens (tertiary/aromatic N) is 3. The Labute approximate surface area is 156 Å². The fraction of sp³-hybridized carbons (Fsp3) is 0.235. The number of benzene rings is 1. The number of rotatable bonds is 4. The normalized spacial score (nSPS) is 16.4. The third kappa shape index (κ3) is 3.92. The van der Waals surface area contributed by atoms with Crippen molar-refractivity contribution in [1.82, 2.24) is 20.4 Å². The van der Waals surface area contributed by atoms with Gasteiger partial charge in [-0.15, -0.1) is 12.4 Å². The first-order chi connectivity index (χ1) is 11.8. The summed E-state index contributed by atoms with van der Waals surface area (Å²) in [6, 6.07) is 11.3. The van der Waals surface area contributed by atoms with Crippen LogP contribution in [0.2, 0.25) is 5.02 Å². The van der Waals surface area contributed by atoms with Gasteiger partial charge in [0.1, 0.15) is 5.82 Å². The van der Waals surface area contributed by atoms with Gasteiger partial charge in [-0.3, -0.25) is 0 Å². The van der Waals surface area contributed by atoms with Crippen molar-refractivity contribution in [3.8, 4) is 11.4 Å². The highest BCUT2D eigenvalue weighted by Gasteiger charge is 2.23. The zero-order valence-corrected chi connectivity index (χ0v) is 14.8. The number of pyridine rings is 1. The van der Waals surface area contributed by atoms with E-state index in [1.807, 2.05) is 36.4 Å². The molecule has 4 rings (SSSR count). The molecular weight excluding hydrogens is 361 g/mol. The lowest BCUT2D eigenvalue weighted by molar-refractivity contribution is 0.359. The van der Waals surface area contributed by atoms with Crippen LogP contribution in [0.15, 0.2) is 47.1 Å². The zero-order valence-electron chi connectivity index (χ0n) is 13.3. The van der Waals surface area contributed by atoms with Crippen LogP contribution >= 0.6 is 24.0 Å². The number of para-hydroxylation sites is 1. The summed E-state index contributed by atoms with van der Waals surface area (Å²) in [6.07, 6.45) is 2.75. The molecule has 1 aliphatic heterocycles. The largest absolute Gasteiger partial charge is 0.339 e. The van der Waals surface area contributed by atoms with E-state index in [9.17, 15) is 0 Å².